The van der Waals surface area contributed by atoms with Gasteiger partial charge in [0.1, 0.15) is 11.5 Å². The Morgan fingerprint density at radius 1 is 1.03 bits per heavy atom. The highest BCUT2D eigenvalue weighted by molar-refractivity contribution is 7.91. The Bertz CT molecular complexity index is 1270. The van der Waals surface area contributed by atoms with Gasteiger partial charge in [-0.2, -0.15) is 0 Å². The van der Waals surface area contributed by atoms with Crippen molar-refractivity contribution < 1.29 is 22.7 Å². The average molecular weight is 439 g/mol. The Balaban J connectivity index is 1.63. The van der Waals surface area contributed by atoms with Crippen LogP contribution in [0.15, 0.2) is 60.7 Å². The molecule has 0 bridgehead atoms. The molecule has 0 aromatic heterocycles. The molecule has 0 saturated carbocycles. The number of para-hydroxylation sites is 1. The van der Waals surface area contributed by atoms with Crippen LogP contribution in [0.1, 0.15) is 21.5 Å². The molecule has 0 radical (unpaired) electrons. The number of rotatable bonds is 5. The molecule has 160 valence electrons. The van der Waals surface area contributed by atoms with Crippen molar-refractivity contribution in [3.63, 3.8) is 0 Å². The van der Waals surface area contributed by atoms with Crippen LogP contribution in [0, 0.1) is 6.92 Å². The van der Waals surface area contributed by atoms with E-state index in [0.717, 1.165) is 5.56 Å². The second-order valence-electron chi connectivity index (χ2n) is 7.32. The zero-order chi connectivity index (χ0) is 22.2. The van der Waals surface area contributed by atoms with Crippen LogP contribution in [0.3, 0.4) is 0 Å². The molecule has 0 unspecified atom stereocenters. The van der Waals surface area contributed by atoms with E-state index >= 15 is 0 Å². The van der Waals surface area contributed by atoms with Gasteiger partial charge in [0, 0.05) is 18.3 Å². The minimum Gasteiger partial charge on any atom is -0.496 e. The number of carbonyl (C=O) groups is 1. The minimum atomic E-state index is -3.74. The third-order valence-corrected chi connectivity index (χ3v) is 6.26. The van der Waals surface area contributed by atoms with Crippen molar-refractivity contribution in [3.8, 4) is 17.2 Å². The molecule has 7 nitrogen and oxygen atoms in total. The summed E-state index contributed by atoms with van der Waals surface area (Å²) < 4.78 is 39.2. The standard InChI is InChI=1S/C23H22N2O5S/c1-15-8-10-22-19(12-15)25(2)23(26)18-13-17(9-11-21(18)30-22)24-31(27,28)14-16-6-4-5-7-20(16)29-3/h4-13,24H,14H2,1-3H3. The van der Waals surface area contributed by atoms with Gasteiger partial charge in [0.2, 0.25) is 10.0 Å². The van der Waals surface area contributed by atoms with Crippen molar-refractivity contribution in [1.29, 1.82) is 0 Å². The molecule has 1 heterocycles. The van der Waals surface area contributed by atoms with Crippen LogP contribution in [0.4, 0.5) is 11.4 Å². The first-order valence-electron chi connectivity index (χ1n) is 9.60. The summed E-state index contributed by atoms with van der Waals surface area (Å²) in [7, 11) is -0.585. The average Bonchev–Trinajstić information content (AvgIpc) is 2.83. The molecule has 0 saturated heterocycles. The van der Waals surface area contributed by atoms with Gasteiger partial charge in [-0.05, 0) is 48.9 Å². The molecule has 3 aromatic carbocycles. The number of carbonyl (C=O) groups excluding carboxylic acids is 1. The Morgan fingerprint density at radius 3 is 2.55 bits per heavy atom. The van der Waals surface area contributed by atoms with E-state index in [0.29, 0.717) is 28.5 Å². The molecule has 1 N–H and O–H groups in total. The van der Waals surface area contributed by atoms with Crippen molar-refractivity contribution >= 4 is 27.3 Å². The van der Waals surface area contributed by atoms with Gasteiger partial charge in [-0.1, -0.05) is 24.3 Å². The number of aryl methyl sites for hydroxylation is 1. The van der Waals surface area contributed by atoms with E-state index in [1.54, 1.807) is 43.4 Å². The third kappa shape index (κ3) is 4.20. The second kappa shape index (κ2) is 7.96. The number of nitrogens with one attached hydrogen (secondary N) is 1. The highest BCUT2D eigenvalue weighted by Crippen LogP contribution is 2.39. The molecule has 0 spiro atoms. The molecule has 3 aromatic rings. The Morgan fingerprint density at radius 2 is 1.77 bits per heavy atom. The van der Waals surface area contributed by atoms with Crippen LogP contribution in [0.25, 0.3) is 0 Å². The number of benzene rings is 3. The van der Waals surface area contributed by atoms with E-state index in [1.165, 1.54) is 18.1 Å². The van der Waals surface area contributed by atoms with Crippen molar-refractivity contribution in [2.24, 2.45) is 0 Å². The summed E-state index contributed by atoms with van der Waals surface area (Å²) in [6.45, 7) is 1.94. The topological polar surface area (TPSA) is 84.9 Å². The van der Waals surface area contributed by atoms with Crippen LogP contribution in [-0.2, 0) is 15.8 Å². The Hall–Kier alpha value is -3.52. The van der Waals surface area contributed by atoms with Crippen LogP contribution < -0.4 is 19.1 Å². The normalized spacial score (nSPS) is 13.0. The van der Waals surface area contributed by atoms with Gasteiger partial charge < -0.3 is 14.4 Å². The largest absolute Gasteiger partial charge is 0.496 e. The van der Waals surface area contributed by atoms with Crippen LogP contribution in [-0.4, -0.2) is 28.5 Å². The van der Waals surface area contributed by atoms with Crippen molar-refractivity contribution in [2.75, 3.05) is 23.8 Å². The van der Waals surface area contributed by atoms with Gasteiger partial charge in [0.25, 0.3) is 5.91 Å². The summed E-state index contributed by atoms with van der Waals surface area (Å²) in [6.07, 6.45) is 0. The van der Waals surface area contributed by atoms with Gasteiger partial charge in [-0.25, -0.2) is 8.42 Å². The lowest BCUT2D eigenvalue weighted by atomic mass is 10.1. The van der Waals surface area contributed by atoms with Gasteiger partial charge in [-0.15, -0.1) is 0 Å². The van der Waals surface area contributed by atoms with Crippen molar-refractivity contribution in [3.05, 3.63) is 77.4 Å². The summed E-state index contributed by atoms with van der Waals surface area (Å²) in [5.41, 5.74) is 2.74. The lowest BCUT2D eigenvalue weighted by Gasteiger charge is -2.17. The number of fused-ring (bicyclic) bond motifs is 2. The van der Waals surface area contributed by atoms with E-state index in [4.69, 9.17) is 9.47 Å². The molecule has 0 atom stereocenters. The number of nitrogens with zero attached hydrogens (tertiary/aromatic N) is 1. The smallest absolute Gasteiger partial charge is 0.261 e. The van der Waals surface area contributed by atoms with Crippen LogP contribution in [0.5, 0.6) is 17.2 Å². The summed E-state index contributed by atoms with van der Waals surface area (Å²) in [5, 5.41) is 0. The first-order valence-corrected chi connectivity index (χ1v) is 11.3. The Kier molecular flexibility index (Phi) is 5.32. The fraction of sp³-hybridized carbons (Fsp3) is 0.174. The summed E-state index contributed by atoms with van der Waals surface area (Å²) in [5.74, 6) is 0.874. The van der Waals surface area contributed by atoms with Crippen LogP contribution >= 0.6 is 0 Å². The number of anilines is 2. The van der Waals surface area contributed by atoms with Gasteiger partial charge in [0.05, 0.1) is 24.1 Å². The maximum absolute atomic E-state index is 13.1. The van der Waals surface area contributed by atoms with E-state index in [2.05, 4.69) is 4.72 Å². The van der Waals surface area contributed by atoms with Gasteiger partial charge in [-0.3, -0.25) is 9.52 Å². The third-order valence-electron chi connectivity index (χ3n) is 5.02. The first-order chi connectivity index (χ1) is 14.8. The number of amides is 1. The number of sulfonamides is 1. The molecule has 8 heteroatoms. The van der Waals surface area contributed by atoms with Crippen molar-refractivity contribution in [2.45, 2.75) is 12.7 Å². The molecule has 4 rings (SSSR count). The molecular weight excluding hydrogens is 416 g/mol. The summed E-state index contributed by atoms with van der Waals surface area (Å²) in [4.78, 5) is 14.6. The molecule has 0 aliphatic carbocycles. The zero-order valence-electron chi connectivity index (χ0n) is 17.4. The zero-order valence-corrected chi connectivity index (χ0v) is 18.2. The maximum atomic E-state index is 13.1. The number of ether oxygens (including phenoxy) is 2. The number of hydrogen-bond acceptors (Lipinski definition) is 5. The molecular formula is C23H22N2O5S. The molecule has 1 aliphatic rings. The predicted octanol–water partition coefficient (Wildman–Crippen LogP) is 4.33. The number of methoxy groups -OCH3 is 1. The molecule has 0 fully saturated rings. The van der Waals surface area contributed by atoms with Gasteiger partial charge >= 0.3 is 0 Å². The fourth-order valence-corrected chi connectivity index (χ4v) is 4.68. The highest BCUT2D eigenvalue weighted by atomic mass is 32.2. The SMILES string of the molecule is COc1ccccc1CS(=O)(=O)Nc1ccc2c(c1)C(=O)N(C)c1cc(C)ccc1O2. The van der Waals surface area contributed by atoms with E-state index in [9.17, 15) is 13.2 Å². The monoisotopic (exact) mass is 438 g/mol. The summed E-state index contributed by atoms with van der Waals surface area (Å²) >= 11 is 0. The summed E-state index contributed by atoms with van der Waals surface area (Å²) in [6, 6.07) is 17.2. The minimum absolute atomic E-state index is 0.261. The first kappa shape index (κ1) is 20.7. The molecule has 1 amide bonds. The highest BCUT2D eigenvalue weighted by Gasteiger charge is 2.26. The predicted molar refractivity (Wildman–Crippen MR) is 120 cm³/mol. The number of hydrogen-bond donors (Lipinski definition) is 1. The lowest BCUT2D eigenvalue weighted by Crippen LogP contribution is -2.25. The van der Waals surface area contributed by atoms with Gasteiger partial charge in [0.15, 0.2) is 5.75 Å². The van der Waals surface area contributed by atoms with E-state index in [-0.39, 0.29) is 22.9 Å². The van der Waals surface area contributed by atoms with E-state index in [1.807, 2.05) is 25.1 Å². The van der Waals surface area contributed by atoms with E-state index < -0.39 is 10.0 Å². The van der Waals surface area contributed by atoms with Crippen molar-refractivity contribution in [1.82, 2.24) is 0 Å². The maximum Gasteiger partial charge on any atom is 0.261 e. The quantitative estimate of drug-likeness (QED) is 0.641. The molecule has 31 heavy (non-hydrogen) atoms. The second-order valence-corrected chi connectivity index (χ2v) is 9.04. The Labute approximate surface area is 181 Å². The van der Waals surface area contributed by atoms with Crippen LogP contribution in [0.2, 0.25) is 0 Å². The fourth-order valence-electron chi connectivity index (χ4n) is 3.48. The lowest BCUT2D eigenvalue weighted by molar-refractivity contribution is 0.0993. The molecule has 1 aliphatic heterocycles.